The molecule has 15 heteroatoms. The van der Waals surface area contributed by atoms with Crippen molar-refractivity contribution in [3.63, 3.8) is 0 Å². The molecule has 0 aliphatic carbocycles. The van der Waals surface area contributed by atoms with Gasteiger partial charge in [-0.15, -0.1) is 0 Å². The molecule has 5 aliphatic heterocycles. The first-order chi connectivity index (χ1) is 36.1. The van der Waals surface area contributed by atoms with Crippen molar-refractivity contribution in [2.24, 2.45) is 0 Å². The zero-order valence-corrected chi connectivity index (χ0v) is 45.9. The molecule has 5 aliphatic rings. The third-order valence-corrected chi connectivity index (χ3v) is 16.2. The van der Waals surface area contributed by atoms with Gasteiger partial charge in [0.1, 0.15) is 23.0 Å². The smallest absolute Gasteiger partial charge is 0.325 e. The van der Waals surface area contributed by atoms with Crippen molar-refractivity contribution in [3.05, 3.63) is 143 Å². The van der Waals surface area contributed by atoms with Gasteiger partial charge < -0.3 is 43.3 Å². The minimum absolute atomic E-state index is 0.0989. The second kappa shape index (κ2) is 23.4. The summed E-state index contributed by atoms with van der Waals surface area (Å²) in [6.45, 7) is 18.3. The molecule has 0 radical (unpaired) electrons. The van der Waals surface area contributed by atoms with Gasteiger partial charge in [0, 0.05) is 96.2 Å². The van der Waals surface area contributed by atoms with Crippen LogP contribution in [0.3, 0.4) is 0 Å². The van der Waals surface area contributed by atoms with Crippen LogP contribution in [-0.2, 0) is 41.1 Å². The average molecular weight is 1030 g/mol. The SMILES string of the molecule is C=C(C)CC1(O)N(Cc2ccccc2)C(=O)N(CCOC)C12CCN(Cc1cc(OC)cc(OC)c1)CC2.COCCN1C(=O)N2Cc3ccccc3C(C)(C)C=C2C12CCN(Cc1cc(OC)cc(OC)c1)CC2. The number of benzene rings is 4. The zero-order chi connectivity index (χ0) is 53.5. The molecule has 0 aromatic heterocycles. The Kier molecular flexibility index (Phi) is 17.2. The third-order valence-electron chi connectivity index (χ3n) is 16.2. The van der Waals surface area contributed by atoms with Crippen LogP contribution in [0.25, 0.3) is 0 Å². The van der Waals surface area contributed by atoms with Crippen LogP contribution in [-0.4, -0.2) is 159 Å². The predicted octanol–water partition coefficient (Wildman–Crippen LogP) is 9.08. The van der Waals surface area contributed by atoms with Gasteiger partial charge in [-0.2, -0.15) is 0 Å². The topological polar surface area (TPSA) is 129 Å². The Hall–Kier alpha value is -6.10. The van der Waals surface area contributed by atoms with Gasteiger partial charge in [-0.1, -0.05) is 86.7 Å². The Morgan fingerprint density at radius 3 is 1.60 bits per heavy atom. The standard InChI is InChI=1S/C30H41N3O5.C30H39N3O4/c1-23(2)20-30(35)29(32(15-16-36-3)28(34)33(30)22-24-9-7-6-8-10-24)11-13-31(14-12-29)21-25-17-26(37-4)19-27(18-25)38-5;1-29(2)19-27-30(10-12-31(13-11-30)20-22-16-24(36-4)18-25(17-22)37-5)33(14-15-35-3)28(34)32(27)21-23-8-6-7-9-26(23)29/h6-10,17-19,35H,1,11-16,20-22H2,2-5H3;6-9,16-19H,10-15,20-21H2,1-5H3. The van der Waals surface area contributed by atoms with Crippen LogP contribution in [0.5, 0.6) is 23.0 Å². The van der Waals surface area contributed by atoms with Crippen LogP contribution >= 0.6 is 0 Å². The molecular weight excluding hydrogens is 949 g/mol. The van der Waals surface area contributed by atoms with Gasteiger partial charge >= 0.3 is 12.1 Å². The molecular formula is C60H80N6O9. The van der Waals surface area contributed by atoms with Crippen LogP contribution in [0.4, 0.5) is 9.59 Å². The van der Waals surface area contributed by atoms with Gasteiger partial charge in [-0.05, 0) is 84.7 Å². The molecule has 9 rings (SSSR count). The van der Waals surface area contributed by atoms with E-state index in [-0.39, 0.29) is 23.0 Å². The second-order valence-corrected chi connectivity index (χ2v) is 21.4. The lowest BCUT2D eigenvalue weighted by Crippen LogP contribution is -2.65. The Balaban J connectivity index is 0.000000199. The highest BCUT2D eigenvalue weighted by Gasteiger charge is 2.66. The fourth-order valence-electron chi connectivity index (χ4n) is 12.4. The van der Waals surface area contributed by atoms with Gasteiger partial charge in [0.05, 0.1) is 65.8 Å². The number of fused-ring (bicyclic) bond motifs is 3. The van der Waals surface area contributed by atoms with Crippen LogP contribution in [0.1, 0.15) is 80.7 Å². The molecule has 0 saturated carbocycles. The molecule has 15 nitrogen and oxygen atoms in total. The van der Waals surface area contributed by atoms with Crippen molar-refractivity contribution in [2.45, 2.75) is 101 Å². The van der Waals surface area contributed by atoms with Gasteiger partial charge in [0.2, 0.25) is 0 Å². The summed E-state index contributed by atoms with van der Waals surface area (Å²) in [5.41, 5.74) is 5.15. The molecule has 1 N–H and O–H groups in total. The van der Waals surface area contributed by atoms with Crippen LogP contribution < -0.4 is 18.9 Å². The van der Waals surface area contributed by atoms with E-state index in [1.165, 1.54) is 11.1 Å². The normalized spacial score (nSPS) is 20.8. The van der Waals surface area contributed by atoms with E-state index in [4.69, 9.17) is 28.4 Å². The quantitative estimate of drug-likeness (QED) is 0.0959. The highest BCUT2D eigenvalue weighted by atomic mass is 16.5. The Morgan fingerprint density at radius 1 is 0.600 bits per heavy atom. The van der Waals surface area contributed by atoms with E-state index < -0.39 is 11.3 Å². The number of ether oxygens (including phenoxy) is 6. The molecule has 2 spiro atoms. The van der Waals surface area contributed by atoms with E-state index in [9.17, 15) is 14.7 Å². The van der Waals surface area contributed by atoms with Gasteiger partial charge in [-0.3, -0.25) is 19.6 Å². The summed E-state index contributed by atoms with van der Waals surface area (Å²) in [6, 6.07) is 30.3. The molecule has 404 valence electrons. The van der Waals surface area contributed by atoms with Crippen molar-refractivity contribution in [2.75, 3.05) is 95.1 Å². The van der Waals surface area contributed by atoms with Crippen molar-refractivity contribution in [3.8, 4) is 23.0 Å². The van der Waals surface area contributed by atoms with Crippen molar-refractivity contribution < 1.29 is 43.1 Å². The van der Waals surface area contributed by atoms with E-state index >= 15 is 0 Å². The molecule has 75 heavy (non-hydrogen) atoms. The lowest BCUT2D eigenvalue weighted by atomic mass is 9.74. The summed E-state index contributed by atoms with van der Waals surface area (Å²) in [5.74, 6) is 3.12. The Bertz CT molecular complexity index is 2620. The molecule has 4 amide bonds. The average Bonchev–Trinajstić information content (AvgIpc) is 3.64. The lowest BCUT2D eigenvalue weighted by Gasteiger charge is -2.51. The van der Waals surface area contributed by atoms with Gasteiger partial charge in [-0.25, -0.2) is 9.59 Å². The maximum Gasteiger partial charge on any atom is 0.325 e. The molecule has 0 bridgehead atoms. The highest BCUT2D eigenvalue weighted by molar-refractivity contribution is 5.83. The third kappa shape index (κ3) is 11.2. The van der Waals surface area contributed by atoms with E-state index in [1.807, 2.05) is 71.3 Å². The zero-order valence-electron chi connectivity index (χ0n) is 45.9. The summed E-state index contributed by atoms with van der Waals surface area (Å²) in [6.07, 6.45) is 5.74. The molecule has 4 aromatic carbocycles. The number of carbonyl (C=O) groups excluding carboxylic acids is 2. The fourth-order valence-corrected chi connectivity index (χ4v) is 12.4. The largest absolute Gasteiger partial charge is 0.497 e. The number of methoxy groups -OCH3 is 6. The predicted molar refractivity (Wildman–Crippen MR) is 291 cm³/mol. The highest BCUT2D eigenvalue weighted by Crippen LogP contribution is 2.51. The fraction of sp³-hybridized carbons (Fsp3) is 0.500. The van der Waals surface area contributed by atoms with Crippen LogP contribution in [0.15, 0.2) is 115 Å². The van der Waals surface area contributed by atoms with Crippen LogP contribution in [0, 0.1) is 0 Å². The summed E-state index contributed by atoms with van der Waals surface area (Å²) < 4.78 is 32.7. The van der Waals surface area contributed by atoms with E-state index in [1.54, 1.807) is 47.6 Å². The molecule has 4 saturated heterocycles. The van der Waals surface area contributed by atoms with Crippen molar-refractivity contribution in [1.82, 2.24) is 29.4 Å². The number of piperidine rings is 2. The minimum atomic E-state index is -1.38. The van der Waals surface area contributed by atoms with Gasteiger partial charge in [0.15, 0.2) is 5.72 Å². The van der Waals surface area contributed by atoms with E-state index in [0.717, 1.165) is 103 Å². The summed E-state index contributed by atoms with van der Waals surface area (Å²) in [5, 5.41) is 12.5. The number of nitrogens with zero attached hydrogens (tertiary/aromatic N) is 6. The summed E-state index contributed by atoms with van der Waals surface area (Å²) >= 11 is 0. The van der Waals surface area contributed by atoms with E-state index in [0.29, 0.717) is 58.7 Å². The molecule has 4 fully saturated rings. The number of aliphatic hydroxyl groups is 1. The molecule has 1 unspecified atom stereocenters. The maximum atomic E-state index is 14.0. The molecule has 4 aromatic rings. The first-order valence-corrected chi connectivity index (χ1v) is 26.3. The maximum absolute atomic E-state index is 14.0. The number of hydrogen-bond acceptors (Lipinski definition) is 11. The summed E-state index contributed by atoms with van der Waals surface area (Å²) in [7, 11) is 10.0. The first-order valence-electron chi connectivity index (χ1n) is 26.3. The Labute approximate surface area is 445 Å². The van der Waals surface area contributed by atoms with Gasteiger partial charge in [0.25, 0.3) is 0 Å². The molecule has 1 atom stereocenters. The molecule has 5 heterocycles. The number of rotatable bonds is 18. The Morgan fingerprint density at radius 2 is 1.09 bits per heavy atom. The number of likely N-dealkylation sites (tertiary alicyclic amines) is 2. The lowest BCUT2D eigenvalue weighted by molar-refractivity contribution is -0.153. The monoisotopic (exact) mass is 1030 g/mol. The van der Waals surface area contributed by atoms with Crippen molar-refractivity contribution in [1.29, 1.82) is 0 Å². The van der Waals surface area contributed by atoms with E-state index in [2.05, 4.69) is 77.6 Å². The summed E-state index contributed by atoms with van der Waals surface area (Å²) in [4.78, 5) is 40.4. The van der Waals surface area contributed by atoms with Crippen molar-refractivity contribution >= 4 is 12.1 Å². The number of urea groups is 2. The number of carbonyl (C=O) groups is 2. The first kappa shape index (κ1) is 55.1. The number of allylic oxidation sites excluding steroid dienone is 1. The number of amides is 4. The second-order valence-electron chi connectivity index (χ2n) is 21.4. The number of hydrogen-bond donors (Lipinski definition) is 1. The van der Waals surface area contributed by atoms with Crippen LogP contribution in [0.2, 0.25) is 0 Å². The minimum Gasteiger partial charge on any atom is -0.497 e.